The van der Waals surface area contributed by atoms with Gasteiger partial charge in [0.25, 0.3) is 0 Å². The Kier molecular flexibility index (Phi) is 4.79. The highest BCUT2D eigenvalue weighted by molar-refractivity contribution is 7.80. The van der Waals surface area contributed by atoms with Crippen molar-refractivity contribution < 1.29 is 0 Å². The monoisotopic (exact) mass is 294 g/mol. The number of rotatable bonds is 4. The average molecular weight is 295 g/mol. The molecular weight excluding hydrogens is 268 g/mol. The van der Waals surface area contributed by atoms with E-state index in [0.717, 1.165) is 0 Å². The average Bonchev–Trinajstić information content (AvgIpc) is 2.28. The normalized spacial score (nSPS) is 16.3. The first-order valence-corrected chi connectivity index (χ1v) is 19.9. The van der Waals surface area contributed by atoms with Crippen molar-refractivity contribution in [2.75, 3.05) is 0 Å². The van der Waals surface area contributed by atoms with Gasteiger partial charge in [-0.3, -0.25) is 0 Å². The molecule has 4 heteroatoms. The molecule has 1 aromatic rings. The molecule has 0 saturated carbocycles. The molecule has 0 nitrogen and oxygen atoms in total. The fraction of sp³-hybridized carbons (Fsp3) is 0.538. The number of benzene rings is 1. The lowest BCUT2D eigenvalue weighted by atomic mass is 10.4. The zero-order valence-corrected chi connectivity index (χ0v) is 16.4. The van der Waals surface area contributed by atoms with Crippen LogP contribution in [0.4, 0.5) is 0 Å². The summed E-state index contributed by atoms with van der Waals surface area (Å²) in [6.07, 6.45) is 0. The summed E-state index contributed by atoms with van der Waals surface area (Å²) in [5.41, 5.74) is 0. The Morgan fingerprint density at radius 1 is 0.765 bits per heavy atom. The Hall–Kier alpha value is 0.0875. The van der Waals surface area contributed by atoms with Crippen molar-refractivity contribution in [3.63, 3.8) is 0 Å². The first kappa shape index (κ1) is 15.1. The molecule has 1 unspecified atom stereocenters. The van der Waals surface area contributed by atoms with Crippen molar-refractivity contribution in [1.29, 1.82) is 0 Å². The molecule has 0 fully saturated rings. The van der Waals surface area contributed by atoms with Crippen molar-refractivity contribution in [2.24, 2.45) is 0 Å². The first-order valence-electron chi connectivity index (χ1n) is 6.41. The molecule has 0 aliphatic rings. The Bertz CT molecular complexity index is 359. The van der Waals surface area contributed by atoms with Crippen LogP contribution in [0.2, 0.25) is 45.8 Å². The highest BCUT2D eigenvalue weighted by Crippen LogP contribution is 2.24. The SMILES string of the molecule is C[Si](C)[Si](C)(C)[Si](C)(c1ccccc1)[Si](C)C. The van der Waals surface area contributed by atoms with Gasteiger partial charge in [-0.15, -0.1) is 0 Å². The Labute approximate surface area is 112 Å². The van der Waals surface area contributed by atoms with Gasteiger partial charge in [0, 0.05) is 23.7 Å². The summed E-state index contributed by atoms with van der Waals surface area (Å²) in [7, 11) is -2.59. The van der Waals surface area contributed by atoms with Gasteiger partial charge in [-0.25, -0.2) is 0 Å². The van der Waals surface area contributed by atoms with E-state index in [1.54, 1.807) is 5.19 Å². The third-order valence-electron chi connectivity index (χ3n) is 4.85. The van der Waals surface area contributed by atoms with Crippen LogP contribution in [-0.4, -0.2) is 30.8 Å². The maximum Gasteiger partial charge on any atom is 0.0657 e. The van der Waals surface area contributed by atoms with Crippen LogP contribution < -0.4 is 5.19 Å². The molecule has 1 rings (SSSR count). The Morgan fingerprint density at radius 2 is 1.24 bits per heavy atom. The van der Waals surface area contributed by atoms with Crippen LogP contribution in [0.25, 0.3) is 0 Å². The molecule has 17 heavy (non-hydrogen) atoms. The number of hydrogen-bond acceptors (Lipinski definition) is 0. The van der Waals surface area contributed by atoms with E-state index >= 15 is 0 Å². The van der Waals surface area contributed by atoms with Gasteiger partial charge >= 0.3 is 0 Å². The van der Waals surface area contributed by atoms with Crippen LogP contribution in [0.5, 0.6) is 0 Å². The van der Waals surface area contributed by atoms with E-state index in [4.69, 9.17) is 0 Å². The molecule has 0 N–H and O–H groups in total. The predicted octanol–water partition coefficient (Wildman–Crippen LogP) is 3.42. The topological polar surface area (TPSA) is 0 Å². The molecule has 0 heterocycles. The molecule has 2 radical (unpaired) electrons. The second-order valence-corrected chi connectivity index (χ2v) is 38.7. The van der Waals surface area contributed by atoms with Crippen LogP contribution in [0.1, 0.15) is 0 Å². The van der Waals surface area contributed by atoms with E-state index < -0.39 is 14.2 Å². The zero-order valence-electron chi connectivity index (χ0n) is 12.4. The molecule has 1 aromatic carbocycles. The Morgan fingerprint density at radius 3 is 1.59 bits per heavy atom. The van der Waals surface area contributed by atoms with Crippen LogP contribution in [0, 0.1) is 0 Å². The minimum absolute atomic E-state index is 0.133. The molecule has 0 aromatic heterocycles. The second-order valence-electron chi connectivity index (χ2n) is 6.12. The summed E-state index contributed by atoms with van der Waals surface area (Å²) in [6, 6.07) is 11.5. The quantitative estimate of drug-likeness (QED) is 0.747. The molecule has 0 saturated heterocycles. The molecule has 0 amide bonds. The molecule has 94 valence electrons. The molecule has 0 spiro atoms. The highest BCUT2D eigenvalue weighted by Gasteiger charge is 2.50. The van der Waals surface area contributed by atoms with E-state index in [0.29, 0.717) is 0 Å². The Balaban J connectivity index is 3.34. The van der Waals surface area contributed by atoms with Crippen molar-refractivity contribution in [3.05, 3.63) is 30.3 Å². The lowest BCUT2D eigenvalue weighted by molar-refractivity contribution is 1.74. The van der Waals surface area contributed by atoms with E-state index in [1.165, 1.54) is 0 Å². The van der Waals surface area contributed by atoms with Crippen LogP contribution >= 0.6 is 0 Å². The summed E-state index contributed by atoms with van der Waals surface area (Å²) >= 11 is 0. The summed E-state index contributed by atoms with van der Waals surface area (Å²) in [5.74, 6) is 0. The summed E-state index contributed by atoms with van der Waals surface area (Å²) in [6.45, 7) is 18.3. The standard InChI is InChI=1S/C13H26Si4/c1-14(2)16(5,6)17(7,15(3)4)13-11-9-8-10-12-13/h8-12H,1-7H3. The van der Waals surface area contributed by atoms with Crippen molar-refractivity contribution in [3.8, 4) is 0 Å². The van der Waals surface area contributed by atoms with Crippen LogP contribution in [0.15, 0.2) is 30.3 Å². The minimum Gasteiger partial charge on any atom is -0.0735 e. The smallest absolute Gasteiger partial charge is 0.0657 e. The predicted molar refractivity (Wildman–Crippen MR) is 90.1 cm³/mol. The maximum atomic E-state index is 2.69. The third kappa shape index (κ3) is 2.59. The van der Waals surface area contributed by atoms with E-state index in [-0.39, 0.29) is 16.6 Å². The lowest BCUT2D eigenvalue weighted by Crippen LogP contribution is -2.76. The molecule has 0 bridgehead atoms. The van der Waals surface area contributed by atoms with Gasteiger partial charge < -0.3 is 0 Å². The van der Waals surface area contributed by atoms with Crippen LogP contribution in [-0.2, 0) is 0 Å². The molecule has 0 aliphatic carbocycles. The van der Waals surface area contributed by atoms with Gasteiger partial charge in [0.1, 0.15) is 0 Å². The zero-order chi connectivity index (χ0) is 13.3. The maximum absolute atomic E-state index is 2.69. The fourth-order valence-electron chi connectivity index (χ4n) is 2.55. The minimum atomic E-state index is -1.21. The van der Waals surface area contributed by atoms with Crippen LogP contribution in [0.3, 0.4) is 0 Å². The van der Waals surface area contributed by atoms with Gasteiger partial charge in [-0.05, 0) is 0 Å². The molecule has 1 atom stereocenters. The van der Waals surface area contributed by atoms with Crippen molar-refractivity contribution in [2.45, 2.75) is 45.8 Å². The van der Waals surface area contributed by atoms with Crippen molar-refractivity contribution in [1.82, 2.24) is 0 Å². The number of hydrogen-bond donors (Lipinski definition) is 0. The lowest BCUT2D eigenvalue weighted by Gasteiger charge is -2.46. The highest BCUT2D eigenvalue weighted by atomic mass is 29.8. The van der Waals surface area contributed by atoms with Gasteiger partial charge in [0.15, 0.2) is 0 Å². The van der Waals surface area contributed by atoms with E-state index in [1.807, 2.05) is 0 Å². The van der Waals surface area contributed by atoms with E-state index in [9.17, 15) is 0 Å². The van der Waals surface area contributed by atoms with Crippen molar-refractivity contribution >= 4 is 36.0 Å². The first-order chi connectivity index (χ1) is 7.74. The van der Waals surface area contributed by atoms with Gasteiger partial charge in [-0.2, -0.15) is 0 Å². The summed E-state index contributed by atoms with van der Waals surface area (Å²) in [5, 5.41) is 1.74. The second kappa shape index (κ2) is 5.38. The van der Waals surface area contributed by atoms with Gasteiger partial charge in [0.05, 0.1) is 7.11 Å². The van der Waals surface area contributed by atoms with Gasteiger partial charge in [-0.1, -0.05) is 81.3 Å². The molecular formula is C13H26Si4. The summed E-state index contributed by atoms with van der Waals surface area (Å²) < 4.78 is 0. The molecule has 0 aliphatic heterocycles. The van der Waals surface area contributed by atoms with E-state index in [2.05, 4.69) is 76.2 Å². The van der Waals surface area contributed by atoms with Gasteiger partial charge in [0.2, 0.25) is 0 Å². The fourth-order valence-corrected chi connectivity index (χ4v) is 53.7. The summed E-state index contributed by atoms with van der Waals surface area (Å²) in [4.78, 5) is 0. The third-order valence-corrected chi connectivity index (χ3v) is 57.4. The largest absolute Gasteiger partial charge is 0.0735 e.